The molecule has 0 unspecified atom stereocenters. The average molecular weight is 362 g/mol. The highest BCUT2D eigenvalue weighted by Gasteiger charge is 2.12. The average Bonchev–Trinajstić information content (AvgIpc) is 2.54. The van der Waals surface area contributed by atoms with E-state index >= 15 is 0 Å². The lowest BCUT2D eigenvalue weighted by atomic mass is 10.2. The Bertz CT molecular complexity index is 999. The van der Waals surface area contributed by atoms with Crippen molar-refractivity contribution in [1.29, 1.82) is 0 Å². The fourth-order valence-corrected chi connectivity index (χ4v) is 2.85. The molecule has 122 valence electrons. The first-order chi connectivity index (χ1) is 11.5. The molecule has 0 atom stereocenters. The van der Waals surface area contributed by atoms with Crippen LogP contribution in [0.15, 0.2) is 47.3 Å². The molecule has 0 saturated carbocycles. The number of para-hydroxylation sites is 1. The molecule has 1 amide bonds. The minimum absolute atomic E-state index is 0.151. The standard InChI is InChI=1S/C17H13Cl2N3O2/c1-10-20-14-5-3-2-4-12(14)17(24)22(10)9-16(23)21-15-7-6-11(18)8-13(15)19/h2-8H,9H2,1H3,(H,21,23). The van der Waals surface area contributed by atoms with Crippen LogP contribution in [-0.2, 0) is 11.3 Å². The zero-order chi connectivity index (χ0) is 17.3. The van der Waals surface area contributed by atoms with Crippen molar-refractivity contribution in [3.05, 3.63) is 68.7 Å². The van der Waals surface area contributed by atoms with Gasteiger partial charge in [0.15, 0.2) is 0 Å². The highest BCUT2D eigenvalue weighted by molar-refractivity contribution is 6.36. The van der Waals surface area contributed by atoms with Crippen LogP contribution in [0.2, 0.25) is 10.0 Å². The first kappa shape index (κ1) is 16.5. The number of aromatic nitrogens is 2. The summed E-state index contributed by atoms with van der Waals surface area (Å²) in [6, 6.07) is 11.8. The van der Waals surface area contributed by atoms with Crippen LogP contribution in [0, 0.1) is 6.92 Å². The largest absolute Gasteiger partial charge is 0.323 e. The van der Waals surface area contributed by atoms with E-state index < -0.39 is 0 Å². The summed E-state index contributed by atoms with van der Waals surface area (Å²) in [7, 11) is 0. The summed E-state index contributed by atoms with van der Waals surface area (Å²) < 4.78 is 1.33. The minimum Gasteiger partial charge on any atom is -0.323 e. The van der Waals surface area contributed by atoms with E-state index in [9.17, 15) is 9.59 Å². The second kappa shape index (κ2) is 6.63. The van der Waals surface area contributed by atoms with E-state index in [1.807, 2.05) is 6.07 Å². The number of hydrogen-bond acceptors (Lipinski definition) is 3. The summed E-state index contributed by atoms with van der Waals surface area (Å²) in [5.74, 6) is 0.0950. The second-order valence-electron chi connectivity index (χ2n) is 5.24. The molecule has 24 heavy (non-hydrogen) atoms. The van der Waals surface area contributed by atoms with Gasteiger partial charge in [-0.15, -0.1) is 0 Å². The fraction of sp³-hybridized carbons (Fsp3) is 0.118. The van der Waals surface area contributed by atoms with E-state index in [2.05, 4.69) is 10.3 Å². The molecule has 0 aliphatic heterocycles. The maximum absolute atomic E-state index is 12.5. The Balaban J connectivity index is 1.89. The van der Waals surface area contributed by atoms with E-state index in [0.717, 1.165) is 0 Å². The third-order valence-corrected chi connectivity index (χ3v) is 4.11. The molecule has 0 radical (unpaired) electrons. The zero-order valence-corrected chi connectivity index (χ0v) is 14.2. The normalized spacial score (nSPS) is 10.8. The monoisotopic (exact) mass is 361 g/mol. The maximum Gasteiger partial charge on any atom is 0.261 e. The second-order valence-corrected chi connectivity index (χ2v) is 6.08. The van der Waals surface area contributed by atoms with Gasteiger partial charge in [0.2, 0.25) is 5.91 Å². The molecule has 0 bridgehead atoms. The number of halogens is 2. The molecule has 7 heteroatoms. The Morgan fingerprint density at radius 1 is 1.21 bits per heavy atom. The summed E-state index contributed by atoms with van der Waals surface area (Å²) in [6.45, 7) is 1.54. The van der Waals surface area contributed by atoms with Gasteiger partial charge in [-0.05, 0) is 37.3 Å². The zero-order valence-electron chi connectivity index (χ0n) is 12.7. The van der Waals surface area contributed by atoms with Crippen molar-refractivity contribution >= 4 is 45.7 Å². The Morgan fingerprint density at radius 3 is 2.71 bits per heavy atom. The topological polar surface area (TPSA) is 64.0 Å². The van der Waals surface area contributed by atoms with Gasteiger partial charge in [-0.1, -0.05) is 35.3 Å². The number of carbonyl (C=O) groups excluding carboxylic acids is 1. The molecule has 1 aromatic heterocycles. The van der Waals surface area contributed by atoms with Gasteiger partial charge in [0, 0.05) is 5.02 Å². The van der Waals surface area contributed by atoms with E-state index in [4.69, 9.17) is 23.2 Å². The molecule has 0 saturated heterocycles. The highest BCUT2D eigenvalue weighted by atomic mass is 35.5. The molecule has 5 nitrogen and oxygen atoms in total. The fourth-order valence-electron chi connectivity index (χ4n) is 2.39. The Kier molecular flexibility index (Phi) is 4.55. The lowest BCUT2D eigenvalue weighted by molar-refractivity contribution is -0.116. The molecule has 2 aromatic carbocycles. The molecule has 3 aromatic rings. The van der Waals surface area contributed by atoms with Crippen LogP contribution in [0.4, 0.5) is 5.69 Å². The van der Waals surface area contributed by atoms with Crippen molar-refractivity contribution in [3.63, 3.8) is 0 Å². The van der Waals surface area contributed by atoms with Crippen molar-refractivity contribution in [2.45, 2.75) is 13.5 Å². The van der Waals surface area contributed by atoms with Crippen LogP contribution >= 0.6 is 23.2 Å². The van der Waals surface area contributed by atoms with E-state index in [1.54, 1.807) is 37.3 Å². The third-order valence-electron chi connectivity index (χ3n) is 3.56. The van der Waals surface area contributed by atoms with Crippen molar-refractivity contribution < 1.29 is 4.79 Å². The smallest absolute Gasteiger partial charge is 0.261 e. The van der Waals surface area contributed by atoms with Crippen LogP contribution in [0.1, 0.15) is 5.82 Å². The highest BCUT2D eigenvalue weighted by Crippen LogP contribution is 2.25. The Labute approximate surface area is 147 Å². The predicted molar refractivity (Wildman–Crippen MR) is 95.8 cm³/mol. The number of aryl methyl sites for hydroxylation is 1. The number of nitrogens with zero attached hydrogens (tertiary/aromatic N) is 2. The molecule has 0 fully saturated rings. The summed E-state index contributed by atoms with van der Waals surface area (Å²) in [5.41, 5.74) is 0.790. The summed E-state index contributed by atoms with van der Waals surface area (Å²) in [6.07, 6.45) is 0. The van der Waals surface area contributed by atoms with Crippen LogP contribution in [0.25, 0.3) is 10.9 Å². The number of benzene rings is 2. The molecule has 1 heterocycles. The lowest BCUT2D eigenvalue weighted by Crippen LogP contribution is -2.30. The summed E-state index contributed by atoms with van der Waals surface area (Å²) >= 11 is 11.9. The molecule has 1 N–H and O–H groups in total. The van der Waals surface area contributed by atoms with E-state index in [1.165, 1.54) is 10.6 Å². The molecular weight excluding hydrogens is 349 g/mol. The molecule has 0 aliphatic carbocycles. The summed E-state index contributed by atoms with van der Waals surface area (Å²) in [4.78, 5) is 29.2. The van der Waals surface area contributed by atoms with Gasteiger partial charge in [-0.2, -0.15) is 0 Å². The number of fused-ring (bicyclic) bond motifs is 1. The quantitative estimate of drug-likeness (QED) is 0.774. The summed E-state index contributed by atoms with van der Waals surface area (Å²) in [5, 5.41) is 3.95. The molecule has 0 aliphatic rings. The van der Waals surface area contributed by atoms with E-state index in [0.29, 0.717) is 32.5 Å². The number of carbonyl (C=O) groups is 1. The van der Waals surface area contributed by atoms with Crippen molar-refractivity contribution in [2.75, 3.05) is 5.32 Å². The number of nitrogens with one attached hydrogen (secondary N) is 1. The van der Waals surface area contributed by atoms with E-state index in [-0.39, 0.29) is 18.0 Å². The Hall–Kier alpha value is -2.37. The maximum atomic E-state index is 12.5. The Morgan fingerprint density at radius 2 is 1.96 bits per heavy atom. The predicted octanol–water partition coefficient (Wildman–Crippen LogP) is 3.65. The van der Waals surface area contributed by atoms with Crippen molar-refractivity contribution in [3.8, 4) is 0 Å². The van der Waals surface area contributed by atoms with Gasteiger partial charge in [0.1, 0.15) is 12.4 Å². The first-order valence-corrected chi connectivity index (χ1v) is 7.92. The number of anilines is 1. The number of amides is 1. The van der Waals surface area contributed by atoms with Gasteiger partial charge < -0.3 is 5.32 Å². The SMILES string of the molecule is Cc1nc2ccccc2c(=O)n1CC(=O)Nc1ccc(Cl)cc1Cl. The van der Waals surface area contributed by atoms with Gasteiger partial charge >= 0.3 is 0 Å². The first-order valence-electron chi connectivity index (χ1n) is 7.17. The number of rotatable bonds is 3. The number of hydrogen-bond donors (Lipinski definition) is 1. The van der Waals surface area contributed by atoms with Crippen LogP contribution in [0.3, 0.4) is 0 Å². The van der Waals surface area contributed by atoms with Crippen LogP contribution in [-0.4, -0.2) is 15.5 Å². The van der Waals surface area contributed by atoms with Crippen LogP contribution < -0.4 is 10.9 Å². The molecule has 0 spiro atoms. The van der Waals surface area contributed by atoms with Crippen LogP contribution in [0.5, 0.6) is 0 Å². The van der Waals surface area contributed by atoms with Gasteiger partial charge in [-0.3, -0.25) is 14.2 Å². The molecular formula is C17H13Cl2N3O2. The van der Waals surface area contributed by atoms with Gasteiger partial charge in [-0.25, -0.2) is 4.98 Å². The minimum atomic E-state index is -0.374. The third kappa shape index (κ3) is 3.27. The molecule has 3 rings (SSSR count). The lowest BCUT2D eigenvalue weighted by Gasteiger charge is -2.12. The van der Waals surface area contributed by atoms with Gasteiger partial charge in [0.05, 0.1) is 21.6 Å². The van der Waals surface area contributed by atoms with Crippen molar-refractivity contribution in [1.82, 2.24) is 9.55 Å². The van der Waals surface area contributed by atoms with Gasteiger partial charge in [0.25, 0.3) is 5.56 Å². The van der Waals surface area contributed by atoms with Crippen molar-refractivity contribution in [2.24, 2.45) is 0 Å².